The zero-order valence-electron chi connectivity index (χ0n) is 20.4. The van der Waals surface area contributed by atoms with Crippen molar-refractivity contribution >= 4 is 28.7 Å². The smallest absolute Gasteiger partial charge is 0.225 e. The molecule has 6 rings (SSSR count). The van der Waals surface area contributed by atoms with Crippen LogP contribution in [0.4, 0.5) is 11.8 Å². The number of amides is 1. The summed E-state index contributed by atoms with van der Waals surface area (Å²) < 4.78 is 0. The lowest BCUT2D eigenvalue weighted by Gasteiger charge is -2.40. The summed E-state index contributed by atoms with van der Waals surface area (Å²) in [6.45, 7) is 5.63. The number of hydrogen-bond donors (Lipinski definition) is 2. The normalized spacial score (nSPS) is 17.6. The summed E-state index contributed by atoms with van der Waals surface area (Å²) in [6.07, 6.45) is 8.45. The highest BCUT2D eigenvalue weighted by Gasteiger charge is 2.32. The Kier molecular flexibility index (Phi) is 6.06. The van der Waals surface area contributed by atoms with E-state index >= 15 is 0 Å². The lowest BCUT2D eigenvalue weighted by atomic mass is 9.84. The van der Waals surface area contributed by atoms with Crippen LogP contribution in [-0.4, -0.2) is 66.8 Å². The van der Waals surface area contributed by atoms with Gasteiger partial charge in [-0.1, -0.05) is 12.5 Å². The van der Waals surface area contributed by atoms with Crippen molar-refractivity contribution in [1.82, 2.24) is 34.7 Å². The quantitative estimate of drug-likeness (QED) is 0.425. The molecule has 0 bridgehead atoms. The number of nitrogens with one attached hydrogen (secondary N) is 2. The van der Waals surface area contributed by atoms with E-state index in [4.69, 9.17) is 0 Å². The Morgan fingerprint density at radius 1 is 1.06 bits per heavy atom. The van der Waals surface area contributed by atoms with Crippen LogP contribution in [0, 0.1) is 5.92 Å². The van der Waals surface area contributed by atoms with E-state index < -0.39 is 0 Å². The van der Waals surface area contributed by atoms with Gasteiger partial charge in [-0.15, -0.1) is 0 Å². The van der Waals surface area contributed by atoms with Crippen molar-refractivity contribution in [2.75, 3.05) is 31.5 Å². The molecule has 1 saturated carbocycles. The van der Waals surface area contributed by atoms with E-state index in [0.29, 0.717) is 11.9 Å². The van der Waals surface area contributed by atoms with Crippen molar-refractivity contribution < 1.29 is 4.79 Å². The molecule has 0 unspecified atom stereocenters. The number of rotatable bonds is 6. The van der Waals surface area contributed by atoms with Gasteiger partial charge in [-0.25, -0.2) is 19.9 Å². The number of aromatic nitrogens is 5. The Morgan fingerprint density at radius 2 is 1.92 bits per heavy atom. The number of aromatic amines is 1. The van der Waals surface area contributed by atoms with Crippen LogP contribution < -0.4 is 5.32 Å². The molecule has 3 aromatic heterocycles. The minimum Gasteiger partial charge on any atom is -0.340 e. The van der Waals surface area contributed by atoms with Gasteiger partial charge in [-0.05, 0) is 55.7 Å². The predicted octanol–water partition coefficient (Wildman–Crippen LogP) is 4.16. The number of carbonyl (C=O) groups excluding carboxylic acids is 1. The van der Waals surface area contributed by atoms with Gasteiger partial charge in [0.05, 0.1) is 16.7 Å². The molecule has 0 radical (unpaired) electrons. The molecular weight excluding hydrogens is 452 g/mol. The molecular formula is C27H30N8O. The van der Waals surface area contributed by atoms with Crippen molar-refractivity contribution in [2.24, 2.45) is 5.92 Å². The van der Waals surface area contributed by atoms with Crippen LogP contribution in [0.2, 0.25) is 0 Å². The van der Waals surface area contributed by atoms with E-state index in [1.165, 1.54) is 12.0 Å². The van der Waals surface area contributed by atoms with E-state index in [9.17, 15) is 4.79 Å². The van der Waals surface area contributed by atoms with Crippen LogP contribution in [-0.2, 0) is 4.79 Å². The Balaban J connectivity index is 1.12. The zero-order valence-corrected chi connectivity index (χ0v) is 20.4. The minimum atomic E-state index is 0.237. The first-order valence-electron chi connectivity index (χ1n) is 12.7. The Bertz CT molecular complexity index is 1360. The minimum absolute atomic E-state index is 0.237. The maximum absolute atomic E-state index is 12.6. The summed E-state index contributed by atoms with van der Waals surface area (Å²) in [6, 6.07) is 12.3. The van der Waals surface area contributed by atoms with E-state index in [0.717, 1.165) is 67.1 Å². The molecule has 2 N–H and O–H groups in total. The van der Waals surface area contributed by atoms with Crippen LogP contribution in [0.1, 0.15) is 37.8 Å². The van der Waals surface area contributed by atoms with Crippen LogP contribution in [0.3, 0.4) is 0 Å². The molecule has 184 valence electrons. The molecule has 1 saturated heterocycles. The second kappa shape index (κ2) is 9.66. The molecule has 1 amide bonds. The predicted molar refractivity (Wildman–Crippen MR) is 139 cm³/mol. The summed E-state index contributed by atoms with van der Waals surface area (Å²) in [5.74, 6) is 2.03. The fourth-order valence-corrected chi connectivity index (χ4v) is 5.04. The Labute approximate surface area is 210 Å². The molecule has 36 heavy (non-hydrogen) atoms. The number of carbonyl (C=O) groups is 1. The zero-order chi connectivity index (χ0) is 24.5. The molecule has 1 aliphatic heterocycles. The molecule has 2 fully saturated rings. The number of H-pyrrole nitrogens is 1. The van der Waals surface area contributed by atoms with Crippen LogP contribution in [0.5, 0.6) is 0 Å². The number of benzene rings is 1. The van der Waals surface area contributed by atoms with Crippen molar-refractivity contribution in [1.29, 1.82) is 0 Å². The highest BCUT2D eigenvalue weighted by molar-refractivity contribution is 5.83. The SMILES string of the molecule is C[C@H](c1ccnc(Nc2nc3ccc(-c4ccncn4)cc3[nH]2)c1)N1CCN(C(=O)C2CCC2)CC1. The lowest BCUT2D eigenvalue weighted by molar-refractivity contribution is -0.140. The first-order chi connectivity index (χ1) is 17.6. The van der Waals surface area contributed by atoms with Crippen LogP contribution in [0.25, 0.3) is 22.3 Å². The highest BCUT2D eigenvalue weighted by Crippen LogP contribution is 2.30. The highest BCUT2D eigenvalue weighted by atomic mass is 16.2. The number of imidazole rings is 1. The number of fused-ring (bicyclic) bond motifs is 1. The molecule has 1 aliphatic carbocycles. The molecule has 4 heterocycles. The second-order valence-electron chi connectivity index (χ2n) is 9.68. The first-order valence-corrected chi connectivity index (χ1v) is 12.7. The summed E-state index contributed by atoms with van der Waals surface area (Å²) in [7, 11) is 0. The van der Waals surface area contributed by atoms with Crippen LogP contribution in [0.15, 0.2) is 55.1 Å². The maximum Gasteiger partial charge on any atom is 0.225 e. The fourth-order valence-electron chi connectivity index (χ4n) is 5.04. The monoisotopic (exact) mass is 482 g/mol. The fraction of sp³-hybridized carbons (Fsp3) is 0.370. The van der Waals surface area contributed by atoms with E-state index in [1.54, 1.807) is 12.5 Å². The molecule has 9 nitrogen and oxygen atoms in total. The molecule has 9 heteroatoms. The van der Waals surface area contributed by atoms with Gasteiger partial charge in [0.1, 0.15) is 12.1 Å². The number of hydrogen-bond acceptors (Lipinski definition) is 7. The molecule has 2 aliphatic rings. The largest absolute Gasteiger partial charge is 0.340 e. The summed E-state index contributed by atoms with van der Waals surface area (Å²) in [5, 5.41) is 3.32. The third kappa shape index (κ3) is 4.54. The van der Waals surface area contributed by atoms with Gasteiger partial charge in [-0.3, -0.25) is 9.69 Å². The van der Waals surface area contributed by atoms with Gasteiger partial charge in [0, 0.05) is 56.1 Å². The molecule has 1 aromatic carbocycles. The number of nitrogens with zero attached hydrogens (tertiary/aromatic N) is 6. The van der Waals surface area contributed by atoms with Gasteiger partial charge >= 0.3 is 0 Å². The van der Waals surface area contributed by atoms with Gasteiger partial charge in [0.15, 0.2) is 0 Å². The topological polar surface area (TPSA) is 103 Å². The first kappa shape index (κ1) is 22.6. The van der Waals surface area contributed by atoms with Crippen molar-refractivity contribution in [3.8, 4) is 11.3 Å². The molecule has 1 atom stereocenters. The van der Waals surface area contributed by atoms with Gasteiger partial charge in [0.2, 0.25) is 11.9 Å². The standard InChI is InChI=1S/C27H30N8O/c1-18(34-11-13-35(14-12-34)26(36)19-3-2-4-19)20-7-10-29-25(16-20)33-27-31-23-6-5-21(15-24(23)32-27)22-8-9-28-17-30-22/h5-10,15-19H,2-4,11-14H2,1H3,(H2,29,31,32,33)/t18-/m1/s1. The van der Waals surface area contributed by atoms with E-state index in [2.05, 4.69) is 59.1 Å². The molecule has 4 aromatic rings. The van der Waals surface area contributed by atoms with E-state index in [-0.39, 0.29) is 12.0 Å². The second-order valence-corrected chi connectivity index (χ2v) is 9.68. The van der Waals surface area contributed by atoms with Crippen molar-refractivity contribution in [2.45, 2.75) is 32.2 Å². The third-order valence-corrected chi connectivity index (χ3v) is 7.50. The number of anilines is 2. The number of piperazine rings is 1. The Hall–Kier alpha value is -3.85. The van der Waals surface area contributed by atoms with E-state index in [1.807, 2.05) is 30.5 Å². The number of pyridine rings is 1. The lowest BCUT2D eigenvalue weighted by Crippen LogP contribution is -2.51. The summed E-state index contributed by atoms with van der Waals surface area (Å²) in [5.41, 5.74) is 4.85. The summed E-state index contributed by atoms with van der Waals surface area (Å²) >= 11 is 0. The van der Waals surface area contributed by atoms with Crippen LogP contribution >= 0.6 is 0 Å². The molecule has 0 spiro atoms. The average Bonchev–Trinajstić information content (AvgIpc) is 3.29. The summed E-state index contributed by atoms with van der Waals surface area (Å²) in [4.78, 5) is 37.9. The maximum atomic E-state index is 12.6. The third-order valence-electron chi connectivity index (χ3n) is 7.50. The van der Waals surface area contributed by atoms with Crippen molar-refractivity contribution in [3.63, 3.8) is 0 Å². The van der Waals surface area contributed by atoms with Gasteiger partial charge in [0.25, 0.3) is 0 Å². The van der Waals surface area contributed by atoms with Gasteiger partial charge in [-0.2, -0.15) is 0 Å². The average molecular weight is 483 g/mol. The Morgan fingerprint density at radius 3 is 2.67 bits per heavy atom. The van der Waals surface area contributed by atoms with Gasteiger partial charge < -0.3 is 15.2 Å². The van der Waals surface area contributed by atoms with Crippen molar-refractivity contribution in [3.05, 3.63) is 60.7 Å².